The summed E-state index contributed by atoms with van der Waals surface area (Å²) < 4.78 is 0. The van der Waals surface area contributed by atoms with Gasteiger partial charge < -0.3 is 10.8 Å². The van der Waals surface area contributed by atoms with Gasteiger partial charge in [-0.2, -0.15) is 0 Å². The molecule has 0 amide bonds. The van der Waals surface area contributed by atoms with Gasteiger partial charge in [0, 0.05) is 11.6 Å². The Balaban J connectivity index is 3.12. The summed E-state index contributed by atoms with van der Waals surface area (Å²) in [6, 6.07) is 5.41. The smallest absolute Gasteiger partial charge is 0.120 e. The number of phenols is 1. The van der Waals surface area contributed by atoms with Crippen molar-refractivity contribution in [1.82, 2.24) is 0 Å². The van der Waals surface area contributed by atoms with E-state index in [1.807, 2.05) is 19.1 Å². The molecule has 0 aromatic heterocycles. The number of phenolic OH excluding ortho intramolecular Hbond substituents is 1. The monoisotopic (exact) mass is 179 g/mol. The number of hydrogen-bond acceptors (Lipinski definition) is 2. The van der Waals surface area contributed by atoms with Crippen molar-refractivity contribution < 1.29 is 5.11 Å². The largest absolute Gasteiger partial charge is 0.508 e. The van der Waals surface area contributed by atoms with Crippen LogP contribution >= 0.6 is 0 Å². The summed E-state index contributed by atoms with van der Waals surface area (Å²) in [6.45, 7) is 6.07. The lowest BCUT2D eigenvalue weighted by Gasteiger charge is -2.19. The molecule has 0 spiro atoms. The molecule has 0 aliphatic rings. The van der Waals surface area contributed by atoms with Gasteiger partial charge in [0.25, 0.3) is 0 Å². The van der Waals surface area contributed by atoms with Crippen LogP contribution in [0.5, 0.6) is 5.75 Å². The number of aryl methyl sites for hydroxylation is 1. The van der Waals surface area contributed by atoms with Gasteiger partial charge in [-0.3, -0.25) is 0 Å². The zero-order valence-corrected chi connectivity index (χ0v) is 8.41. The van der Waals surface area contributed by atoms with Crippen LogP contribution in [0.15, 0.2) is 18.2 Å². The maximum Gasteiger partial charge on any atom is 0.120 e. The second kappa shape index (κ2) is 3.79. The van der Waals surface area contributed by atoms with Gasteiger partial charge in [0.1, 0.15) is 5.75 Å². The van der Waals surface area contributed by atoms with Crippen LogP contribution in [0.25, 0.3) is 0 Å². The maximum absolute atomic E-state index is 9.63. The maximum atomic E-state index is 9.63. The van der Waals surface area contributed by atoms with Crippen LogP contribution in [-0.4, -0.2) is 5.11 Å². The molecule has 0 heterocycles. The lowest BCUT2D eigenvalue weighted by molar-refractivity contribution is 0.438. The molecule has 1 rings (SSSR count). The highest BCUT2D eigenvalue weighted by Gasteiger charge is 2.16. The van der Waals surface area contributed by atoms with Crippen molar-refractivity contribution >= 4 is 0 Å². The number of nitrogens with two attached hydrogens (primary N) is 1. The van der Waals surface area contributed by atoms with Crippen LogP contribution in [0.2, 0.25) is 0 Å². The zero-order valence-electron chi connectivity index (χ0n) is 8.41. The van der Waals surface area contributed by atoms with Crippen LogP contribution < -0.4 is 5.73 Å². The van der Waals surface area contributed by atoms with E-state index in [1.54, 1.807) is 6.07 Å². The first-order valence-electron chi connectivity index (χ1n) is 4.58. The standard InChI is InChI=1S/C11H17NO/c1-7(2)11(12)10-8(3)5-4-6-9(10)13/h4-7,11,13H,12H2,1-3H3/t11-/m1/s1. The van der Waals surface area contributed by atoms with Crippen molar-refractivity contribution in [3.8, 4) is 5.75 Å². The second-order valence-electron chi connectivity index (χ2n) is 3.78. The molecule has 0 aliphatic carbocycles. The Labute approximate surface area is 79.4 Å². The molecule has 13 heavy (non-hydrogen) atoms. The first-order valence-corrected chi connectivity index (χ1v) is 4.58. The summed E-state index contributed by atoms with van der Waals surface area (Å²) >= 11 is 0. The second-order valence-corrected chi connectivity index (χ2v) is 3.78. The van der Waals surface area contributed by atoms with Crippen molar-refractivity contribution in [2.45, 2.75) is 26.8 Å². The van der Waals surface area contributed by atoms with E-state index < -0.39 is 0 Å². The van der Waals surface area contributed by atoms with E-state index in [-0.39, 0.29) is 6.04 Å². The van der Waals surface area contributed by atoms with Crippen molar-refractivity contribution in [2.75, 3.05) is 0 Å². The van der Waals surface area contributed by atoms with Gasteiger partial charge in [0.2, 0.25) is 0 Å². The van der Waals surface area contributed by atoms with Gasteiger partial charge in [0.15, 0.2) is 0 Å². The third kappa shape index (κ3) is 2.01. The molecule has 2 heteroatoms. The first kappa shape index (κ1) is 10.1. The van der Waals surface area contributed by atoms with E-state index in [0.717, 1.165) is 11.1 Å². The van der Waals surface area contributed by atoms with E-state index >= 15 is 0 Å². The van der Waals surface area contributed by atoms with Crippen LogP contribution in [0.4, 0.5) is 0 Å². The summed E-state index contributed by atoms with van der Waals surface area (Å²) in [7, 11) is 0. The average Bonchev–Trinajstić information content (AvgIpc) is 2.03. The summed E-state index contributed by atoms with van der Waals surface area (Å²) in [4.78, 5) is 0. The molecule has 0 fully saturated rings. The molecule has 2 nitrogen and oxygen atoms in total. The molecule has 0 bridgehead atoms. The first-order chi connectivity index (χ1) is 6.04. The Morgan fingerprint density at radius 1 is 1.31 bits per heavy atom. The third-order valence-corrected chi connectivity index (χ3v) is 2.35. The molecule has 0 saturated heterocycles. The van der Waals surface area contributed by atoms with Crippen molar-refractivity contribution in [3.05, 3.63) is 29.3 Å². The minimum Gasteiger partial charge on any atom is -0.508 e. The lowest BCUT2D eigenvalue weighted by Crippen LogP contribution is -2.17. The minimum atomic E-state index is -0.0822. The summed E-state index contributed by atoms with van der Waals surface area (Å²) in [6.07, 6.45) is 0. The van der Waals surface area contributed by atoms with Gasteiger partial charge in [-0.05, 0) is 24.5 Å². The number of benzene rings is 1. The highest BCUT2D eigenvalue weighted by molar-refractivity contribution is 5.40. The fourth-order valence-corrected chi connectivity index (χ4v) is 1.43. The topological polar surface area (TPSA) is 46.2 Å². The van der Waals surface area contributed by atoms with E-state index in [0.29, 0.717) is 11.7 Å². The molecule has 1 aromatic carbocycles. The van der Waals surface area contributed by atoms with E-state index in [1.165, 1.54) is 0 Å². The summed E-state index contributed by atoms with van der Waals surface area (Å²) in [5.41, 5.74) is 7.91. The molecule has 0 radical (unpaired) electrons. The molecule has 0 saturated carbocycles. The predicted octanol–water partition coefficient (Wildman–Crippen LogP) is 2.36. The van der Waals surface area contributed by atoms with Crippen LogP contribution in [0.1, 0.15) is 31.0 Å². The van der Waals surface area contributed by atoms with E-state index in [4.69, 9.17) is 5.73 Å². The van der Waals surface area contributed by atoms with Crippen molar-refractivity contribution in [2.24, 2.45) is 11.7 Å². The third-order valence-electron chi connectivity index (χ3n) is 2.35. The lowest BCUT2D eigenvalue weighted by atomic mass is 9.93. The molecular weight excluding hydrogens is 162 g/mol. The Hall–Kier alpha value is -1.02. The SMILES string of the molecule is Cc1cccc(O)c1[C@H](N)C(C)C. The Kier molecular flexibility index (Phi) is 2.94. The van der Waals surface area contributed by atoms with Crippen LogP contribution in [0.3, 0.4) is 0 Å². The van der Waals surface area contributed by atoms with Crippen molar-refractivity contribution in [3.63, 3.8) is 0 Å². The Morgan fingerprint density at radius 3 is 2.38 bits per heavy atom. The van der Waals surface area contributed by atoms with Crippen LogP contribution in [-0.2, 0) is 0 Å². The van der Waals surface area contributed by atoms with Gasteiger partial charge in [-0.25, -0.2) is 0 Å². The normalized spacial score (nSPS) is 13.3. The fourth-order valence-electron chi connectivity index (χ4n) is 1.43. The van der Waals surface area contributed by atoms with Crippen LogP contribution in [0, 0.1) is 12.8 Å². The minimum absolute atomic E-state index is 0.0822. The van der Waals surface area contributed by atoms with Gasteiger partial charge >= 0.3 is 0 Å². The molecule has 72 valence electrons. The van der Waals surface area contributed by atoms with E-state index in [9.17, 15) is 5.11 Å². The highest BCUT2D eigenvalue weighted by Crippen LogP contribution is 2.29. The highest BCUT2D eigenvalue weighted by atomic mass is 16.3. The predicted molar refractivity (Wildman–Crippen MR) is 54.6 cm³/mol. The quantitative estimate of drug-likeness (QED) is 0.732. The van der Waals surface area contributed by atoms with Gasteiger partial charge in [0.05, 0.1) is 0 Å². The number of rotatable bonds is 2. The summed E-state index contributed by atoms with van der Waals surface area (Å²) in [5.74, 6) is 0.646. The Bertz CT molecular complexity index is 274. The van der Waals surface area contributed by atoms with Crippen molar-refractivity contribution in [1.29, 1.82) is 0 Å². The molecule has 1 aromatic rings. The molecule has 1 atom stereocenters. The fraction of sp³-hybridized carbons (Fsp3) is 0.455. The average molecular weight is 179 g/mol. The van der Waals surface area contributed by atoms with E-state index in [2.05, 4.69) is 13.8 Å². The summed E-state index contributed by atoms with van der Waals surface area (Å²) in [5, 5.41) is 9.63. The molecule has 3 N–H and O–H groups in total. The molecular formula is C11H17NO. The van der Waals surface area contributed by atoms with Gasteiger partial charge in [-0.15, -0.1) is 0 Å². The molecule has 0 aliphatic heterocycles. The molecule has 0 unspecified atom stereocenters. The Morgan fingerprint density at radius 2 is 1.92 bits per heavy atom. The number of hydrogen-bond donors (Lipinski definition) is 2. The van der Waals surface area contributed by atoms with Gasteiger partial charge in [-0.1, -0.05) is 26.0 Å². The zero-order chi connectivity index (χ0) is 10.0. The number of aromatic hydroxyl groups is 1.